The maximum Gasteiger partial charge on any atom is 0.216 e. The second-order valence-electron chi connectivity index (χ2n) is 6.29. The SMILES string of the molecule is COC1=C(COF)O[C@@H](n2cc3c(nc2=S)Nc2c(OCCN)cccc2S3)C1F. The molecule has 1 unspecified atom stereocenters. The Morgan fingerprint density at radius 1 is 1.40 bits per heavy atom. The fourth-order valence-electron chi connectivity index (χ4n) is 3.17. The molecule has 4 rings (SSSR count). The van der Waals surface area contributed by atoms with Crippen LogP contribution >= 0.6 is 24.0 Å². The fraction of sp³-hybridized carbons (Fsp3) is 0.333. The maximum atomic E-state index is 14.9. The molecule has 0 amide bonds. The lowest BCUT2D eigenvalue weighted by Crippen LogP contribution is -2.22. The summed E-state index contributed by atoms with van der Waals surface area (Å²) >= 11 is 6.77. The molecule has 0 fully saturated rings. The average Bonchev–Trinajstić information content (AvgIpc) is 3.05. The van der Waals surface area contributed by atoms with Gasteiger partial charge in [0.05, 0.1) is 17.7 Å². The number of nitrogens with zero attached hydrogens (tertiary/aromatic N) is 2. The highest BCUT2D eigenvalue weighted by Crippen LogP contribution is 2.47. The number of fused-ring (bicyclic) bond motifs is 2. The molecule has 0 aliphatic carbocycles. The molecule has 0 spiro atoms. The average molecular weight is 456 g/mol. The van der Waals surface area contributed by atoms with Crippen LogP contribution in [0.5, 0.6) is 5.75 Å². The number of nitrogens with two attached hydrogens (primary N) is 1. The fourth-order valence-corrected chi connectivity index (χ4v) is 4.41. The summed E-state index contributed by atoms with van der Waals surface area (Å²) in [5.41, 5.74) is 6.28. The smallest absolute Gasteiger partial charge is 0.216 e. The van der Waals surface area contributed by atoms with E-state index in [-0.39, 0.29) is 16.3 Å². The molecular weight excluding hydrogens is 438 g/mol. The first-order valence-electron chi connectivity index (χ1n) is 8.92. The quantitative estimate of drug-likeness (QED) is 0.515. The van der Waals surface area contributed by atoms with Gasteiger partial charge in [0, 0.05) is 17.6 Å². The summed E-state index contributed by atoms with van der Waals surface area (Å²) in [5, 5.41) is 3.22. The molecule has 2 aromatic rings. The van der Waals surface area contributed by atoms with E-state index >= 15 is 0 Å². The first kappa shape index (κ1) is 20.8. The van der Waals surface area contributed by atoms with Crippen molar-refractivity contribution in [3.05, 3.63) is 40.7 Å². The Kier molecular flexibility index (Phi) is 6.09. The minimum atomic E-state index is -1.70. The van der Waals surface area contributed by atoms with E-state index in [1.807, 2.05) is 18.2 Å². The van der Waals surface area contributed by atoms with Gasteiger partial charge in [0.2, 0.25) is 17.2 Å². The highest BCUT2D eigenvalue weighted by atomic mass is 32.2. The molecule has 3 N–H and O–H groups in total. The lowest BCUT2D eigenvalue weighted by molar-refractivity contribution is -0.135. The number of para-hydroxylation sites is 1. The molecule has 2 aliphatic rings. The molecule has 2 atom stereocenters. The van der Waals surface area contributed by atoms with E-state index < -0.39 is 19.0 Å². The number of methoxy groups -OCH3 is 1. The van der Waals surface area contributed by atoms with Crippen LogP contribution in [0.1, 0.15) is 6.23 Å². The number of benzene rings is 1. The van der Waals surface area contributed by atoms with Gasteiger partial charge in [0.15, 0.2) is 11.5 Å². The largest absolute Gasteiger partial charge is 0.494 e. The van der Waals surface area contributed by atoms with Crippen molar-refractivity contribution in [1.82, 2.24) is 9.55 Å². The molecule has 3 heterocycles. The molecule has 1 aromatic heterocycles. The van der Waals surface area contributed by atoms with Crippen LogP contribution in [0.3, 0.4) is 0 Å². The predicted molar refractivity (Wildman–Crippen MR) is 108 cm³/mol. The number of halogens is 2. The standard InChI is InChI=1S/C18H18F2N4O4S2/c1-25-15-10(8-27-20)28-17(13(15)19)24-7-12-16(23-18(24)29)22-14-9(26-6-5-21)3-2-4-11(14)30-12/h2-4,7,13,17H,5-6,8,21H2,1H3,(H,22,23,29)/t13?,17-/m1/s1. The monoisotopic (exact) mass is 456 g/mol. The van der Waals surface area contributed by atoms with Gasteiger partial charge in [0.1, 0.15) is 24.8 Å². The number of nitrogens with one attached hydrogen (secondary N) is 1. The zero-order valence-corrected chi connectivity index (χ0v) is 17.4. The zero-order chi connectivity index (χ0) is 21.3. The van der Waals surface area contributed by atoms with E-state index in [9.17, 15) is 8.92 Å². The Labute approximate surface area is 179 Å². The summed E-state index contributed by atoms with van der Waals surface area (Å²) in [4.78, 5) is 9.57. The summed E-state index contributed by atoms with van der Waals surface area (Å²) in [6.45, 7) is 0.197. The molecule has 0 radical (unpaired) electrons. The van der Waals surface area contributed by atoms with Crippen LogP contribution in [-0.2, 0) is 14.4 Å². The molecule has 0 bridgehead atoms. The number of aromatic nitrogens is 2. The van der Waals surface area contributed by atoms with E-state index in [2.05, 4.69) is 15.2 Å². The Morgan fingerprint density at radius 3 is 2.97 bits per heavy atom. The first-order valence-corrected chi connectivity index (χ1v) is 10.1. The van der Waals surface area contributed by atoms with Crippen molar-refractivity contribution in [3.8, 4) is 5.75 Å². The Hall–Kier alpha value is -2.41. The molecule has 30 heavy (non-hydrogen) atoms. The van der Waals surface area contributed by atoms with Crippen molar-refractivity contribution in [1.29, 1.82) is 0 Å². The molecule has 8 nitrogen and oxygen atoms in total. The Bertz CT molecular complexity index is 1050. The van der Waals surface area contributed by atoms with Gasteiger partial charge in [-0.05, 0) is 28.9 Å². The van der Waals surface area contributed by atoms with E-state index in [1.165, 1.54) is 23.4 Å². The molecule has 2 aliphatic heterocycles. The lowest BCUT2D eigenvalue weighted by Gasteiger charge is -2.25. The minimum absolute atomic E-state index is 0.0741. The van der Waals surface area contributed by atoms with Gasteiger partial charge in [-0.25, -0.2) is 9.37 Å². The van der Waals surface area contributed by atoms with Crippen LogP contribution in [0.4, 0.5) is 20.4 Å². The van der Waals surface area contributed by atoms with E-state index in [1.54, 1.807) is 6.20 Å². The number of hydrogen-bond acceptors (Lipinski definition) is 9. The molecule has 0 saturated heterocycles. The van der Waals surface area contributed by atoms with E-state index in [0.29, 0.717) is 29.6 Å². The van der Waals surface area contributed by atoms with E-state index in [0.717, 1.165) is 10.6 Å². The summed E-state index contributed by atoms with van der Waals surface area (Å²) in [6.07, 6.45) is -1.24. The highest BCUT2D eigenvalue weighted by Gasteiger charge is 2.40. The van der Waals surface area contributed by atoms with Crippen LogP contribution in [-0.4, -0.2) is 42.6 Å². The van der Waals surface area contributed by atoms with Crippen LogP contribution in [0.2, 0.25) is 0 Å². The van der Waals surface area contributed by atoms with Gasteiger partial charge in [0.25, 0.3) is 0 Å². The zero-order valence-electron chi connectivity index (χ0n) is 15.8. The Balaban J connectivity index is 1.65. The molecule has 1 aromatic carbocycles. The van der Waals surface area contributed by atoms with Crippen molar-refractivity contribution in [3.63, 3.8) is 0 Å². The van der Waals surface area contributed by atoms with Gasteiger partial charge in [-0.15, -0.1) is 0 Å². The number of anilines is 2. The normalized spacial score (nSPS) is 19.6. The lowest BCUT2D eigenvalue weighted by atomic mass is 10.2. The van der Waals surface area contributed by atoms with Crippen molar-refractivity contribution < 1.29 is 28.1 Å². The van der Waals surface area contributed by atoms with Gasteiger partial charge in [-0.1, -0.05) is 17.8 Å². The number of alkyl halides is 1. The van der Waals surface area contributed by atoms with Crippen molar-refractivity contribution in [2.75, 3.05) is 32.2 Å². The summed E-state index contributed by atoms with van der Waals surface area (Å²) < 4.78 is 44.9. The number of ether oxygens (including phenoxy) is 3. The van der Waals surface area contributed by atoms with Crippen molar-refractivity contribution in [2.24, 2.45) is 5.73 Å². The van der Waals surface area contributed by atoms with Crippen LogP contribution in [0.15, 0.2) is 45.7 Å². The molecule has 12 heteroatoms. The van der Waals surface area contributed by atoms with Crippen LogP contribution in [0, 0.1) is 4.77 Å². The van der Waals surface area contributed by atoms with Crippen molar-refractivity contribution in [2.45, 2.75) is 22.2 Å². The Morgan fingerprint density at radius 2 is 2.23 bits per heavy atom. The van der Waals surface area contributed by atoms with Crippen LogP contribution in [0.25, 0.3) is 0 Å². The topological polar surface area (TPSA) is 92.8 Å². The third-order valence-corrected chi connectivity index (χ3v) is 5.84. The predicted octanol–water partition coefficient (Wildman–Crippen LogP) is 3.78. The summed E-state index contributed by atoms with van der Waals surface area (Å²) in [7, 11) is 1.28. The van der Waals surface area contributed by atoms with Crippen molar-refractivity contribution >= 4 is 35.5 Å². The molecule has 0 saturated carbocycles. The second kappa shape index (κ2) is 8.76. The second-order valence-corrected chi connectivity index (χ2v) is 7.74. The van der Waals surface area contributed by atoms with Gasteiger partial charge in [-0.2, -0.15) is 4.94 Å². The number of rotatable bonds is 7. The first-order chi connectivity index (χ1) is 14.6. The summed E-state index contributed by atoms with van der Waals surface area (Å²) in [6, 6.07) is 5.61. The van der Waals surface area contributed by atoms with Crippen LogP contribution < -0.4 is 15.8 Å². The van der Waals surface area contributed by atoms with E-state index in [4.69, 9.17) is 32.2 Å². The maximum absolute atomic E-state index is 14.9. The third kappa shape index (κ3) is 3.71. The highest BCUT2D eigenvalue weighted by molar-refractivity contribution is 7.99. The minimum Gasteiger partial charge on any atom is -0.494 e. The number of hydrogen-bond donors (Lipinski definition) is 2. The van der Waals surface area contributed by atoms with Gasteiger partial charge in [-0.3, -0.25) is 4.57 Å². The van der Waals surface area contributed by atoms with Gasteiger partial charge >= 0.3 is 0 Å². The third-order valence-electron chi connectivity index (χ3n) is 4.46. The van der Waals surface area contributed by atoms with Gasteiger partial charge < -0.3 is 25.3 Å². The molecule has 160 valence electrons. The molecular formula is C18H18F2N4O4S2. The summed E-state index contributed by atoms with van der Waals surface area (Å²) in [5.74, 6) is 0.941.